The number of aryl methyl sites for hydroxylation is 1. The van der Waals surface area contributed by atoms with Crippen molar-refractivity contribution in [2.45, 2.75) is 26.4 Å². The predicted octanol–water partition coefficient (Wildman–Crippen LogP) is 7.88. The molecule has 0 aliphatic carbocycles. The fourth-order valence-corrected chi connectivity index (χ4v) is 3.70. The maximum Gasteiger partial charge on any atom is 0.416 e. The van der Waals surface area contributed by atoms with Crippen LogP contribution in [0.15, 0.2) is 53.7 Å². The SMILES string of the molecule is C=C(/C=C\C(=C)/C(C)=N/Oc1c(Cl)cc(C(F)(F)F)cc1Cl)CC(=O)Nc1snc(C)c1Cl. The monoisotopic (exact) mass is 537 g/mol. The van der Waals surface area contributed by atoms with Gasteiger partial charge in [0.1, 0.15) is 5.00 Å². The number of anilines is 1. The Bertz CT molecular complexity index is 1130. The van der Waals surface area contributed by atoms with Crippen LogP contribution in [0.2, 0.25) is 15.1 Å². The van der Waals surface area contributed by atoms with Crippen molar-refractivity contribution in [3.05, 3.63) is 74.9 Å². The Morgan fingerprint density at radius 1 is 1.24 bits per heavy atom. The van der Waals surface area contributed by atoms with Crippen molar-refractivity contribution in [3.63, 3.8) is 0 Å². The Labute approximate surface area is 207 Å². The molecular weight excluding hydrogens is 522 g/mol. The summed E-state index contributed by atoms with van der Waals surface area (Å²) < 4.78 is 42.5. The van der Waals surface area contributed by atoms with Gasteiger partial charge in [-0.2, -0.15) is 17.5 Å². The maximum absolute atomic E-state index is 12.8. The van der Waals surface area contributed by atoms with Gasteiger partial charge in [0, 0.05) is 0 Å². The number of alkyl halides is 3. The van der Waals surface area contributed by atoms with Crippen LogP contribution in [0.3, 0.4) is 0 Å². The van der Waals surface area contributed by atoms with Crippen molar-refractivity contribution in [2.75, 3.05) is 5.32 Å². The van der Waals surface area contributed by atoms with Gasteiger partial charge < -0.3 is 10.2 Å². The number of aromatic nitrogens is 1. The summed E-state index contributed by atoms with van der Waals surface area (Å²) in [5.74, 6) is -0.540. The molecule has 2 aromatic rings. The van der Waals surface area contributed by atoms with Gasteiger partial charge in [-0.05, 0) is 48.7 Å². The van der Waals surface area contributed by atoms with Gasteiger partial charge >= 0.3 is 6.18 Å². The van der Waals surface area contributed by atoms with E-state index >= 15 is 0 Å². The second-order valence-corrected chi connectivity index (χ2v) is 8.65. The summed E-state index contributed by atoms with van der Waals surface area (Å²) >= 11 is 18.8. The first-order valence-electron chi connectivity index (χ1n) is 9.04. The molecule has 0 unspecified atom stereocenters. The highest BCUT2D eigenvalue weighted by molar-refractivity contribution is 7.11. The average molecular weight is 539 g/mol. The summed E-state index contributed by atoms with van der Waals surface area (Å²) in [7, 11) is 0. The number of carbonyl (C=O) groups excluding carboxylic acids is 1. The molecule has 0 saturated carbocycles. The van der Waals surface area contributed by atoms with Crippen LogP contribution in [-0.4, -0.2) is 16.0 Å². The van der Waals surface area contributed by atoms with E-state index in [0.29, 0.717) is 44.7 Å². The zero-order valence-corrected chi connectivity index (χ0v) is 20.4. The van der Waals surface area contributed by atoms with E-state index in [2.05, 4.69) is 28.0 Å². The zero-order valence-electron chi connectivity index (χ0n) is 17.3. The van der Waals surface area contributed by atoms with E-state index in [9.17, 15) is 18.0 Å². The van der Waals surface area contributed by atoms with Crippen molar-refractivity contribution in [1.29, 1.82) is 0 Å². The molecule has 0 fully saturated rings. The van der Waals surface area contributed by atoms with E-state index in [1.165, 1.54) is 0 Å². The fraction of sp³-hybridized carbons (Fsp3) is 0.190. The highest BCUT2D eigenvalue weighted by atomic mass is 35.5. The van der Waals surface area contributed by atoms with Crippen LogP contribution in [0.4, 0.5) is 18.2 Å². The number of carbonyl (C=O) groups is 1. The van der Waals surface area contributed by atoms with Crippen LogP contribution in [0.1, 0.15) is 24.6 Å². The van der Waals surface area contributed by atoms with Crippen LogP contribution >= 0.6 is 46.3 Å². The molecule has 33 heavy (non-hydrogen) atoms. The molecule has 5 nitrogen and oxygen atoms in total. The predicted molar refractivity (Wildman–Crippen MR) is 128 cm³/mol. The fourth-order valence-electron chi connectivity index (χ4n) is 2.19. The largest absolute Gasteiger partial charge is 0.416 e. The lowest BCUT2D eigenvalue weighted by Crippen LogP contribution is -2.10. The lowest BCUT2D eigenvalue weighted by molar-refractivity contribution is -0.137. The summed E-state index contributed by atoms with van der Waals surface area (Å²) in [4.78, 5) is 17.3. The van der Waals surface area contributed by atoms with E-state index in [1.54, 1.807) is 26.0 Å². The lowest BCUT2D eigenvalue weighted by atomic mass is 10.1. The van der Waals surface area contributed by atoms with Crippen molar-refractivity contribution >= 4 is 63.0 Å². The van der Waals surface area contributed by atoms with Crippen LogP contribution in [-0.2, 0) is 11.0 Å². The van der Waals surface area contributed by atoms with Gasteiger partial charge in [0.05, 0.1) is 38.5 Å². The number of halogens is 6. The number of rotatable bonds is 8. The molecule has 0 aliphatic rings. The normalized spacial score (nSPS) is 12.2. The van der Waals surface area contributed by atoms with Gasteiger partial charge in [-0.15, -0.1) is 0 Å². The molecule has 0 saturated heterocycles. The molecule has 0 atom stereocenters. The van der Waals surface area contributed by atoms with Gasteiger partial charge in [-0.3, -0.25) is 4.79 Å². The van der Waals surface area contributed by atoms with Crippen LogP contribution in [0.25, 0.3) is 0 Å². The van der Waals surface area contributed by atoms with E-state index < -0.39 is 11.7 Å². The van der Waals surface area contributed by atoms with Crippen molar-refractivity contribution in [1.82, 2.24) is 4.37 Å². The second-order valence-electron chi connectivity index (χ2n) is 6.69. The van der Waals surface area contributed by atoms with Crippen molar-refractivity contribution in [2.24, 2.45) is 5.16 Å². The van der Waals surface area contributed by atoms with Crippen LogP contribution in [0.5, 0.6) is 5.75 Å². The van der Waals surface area contributed by atoms with E-state index in [0.717, 1.165) is 11.5 Å². The molecular formula is C21H17Cl3F3N3O2S. The van der Waals surface area contributed by atoms with E-state index in [1.807, 2.05) is 0 Å². The number of hydrogen-bond donors (Lipinski definition) is 1. The molecule has 12 heteroatoms. The summed E-state index contributed by atoms with van der Waals surface area (Å²) in [6, 6.07) is 1.39. The summed E-state index contributed by atoms with van der Waals surface area (Å²) in [6.07, 6.45) is -1.48. The Kier molecular flexibility index (Phi) is 9.13. The quantitative estimate of drug-likeness (QED) is 0.211. The molecule has 0 spiro atoms. The van der Waals surface area contributed by atoms with Crippen molar-refractivity contribution < 1.29 is 22.8 Å². The van der Waals surface area contributed by atoms with Gasteiger partial charge in [0.25, 0.3) is 0 Å². The number of amides is 1. The molecule has 1 N–H and O–H groups in total. The second kappa shape index (κ2) is 11.2. The first-order chi connectivity index (χ1) is 15.3. The topological polar surface area (TPSA) is 63.6 Å². The zero-order chi connectivity index (χ0) is 24.9. The molecule has 0 bridgehead atoms. The molecule has 1 aromatic heterocycles. The molecule has 176 valence electrons. The highest BCUT2D eigenvalue weighted by Gasteiger charge is 2.32. The number of allylic oxidation sites excluding steroid dienone is 3. The molecule has 1 heterocycles. The Hall–Kier alpha value is -2.33. The Morgan fingerprint density at radius 3 is 2.36 bits per heavy atom. The first-order valence-corrected chi connectivity index (χ1v) is 10.9. The molecule has 2 rings (SSSR count). The van der Waals surface area contributed by atoms with Crippen LogP contribution in [0, 0.1) is 6.92 Å². The Balaban J connectivity index is 1.97. The highest BCUT2D eigenvalue weighted by Crippen LogP contribution is 2.40. The summed E-state index contributed by atoms with van der Waals surface area (Å²) in [5.41, 5.74) is 0.795. The number of oxime groups is 1. The van der Waals surface area contributed by atoms with E-state index in [4.69, 9.17) is 39.6 Å². The third kappa shape index (κ3) is 7.60. The molecule has 1 amide bonds. The summed E-state index contributed by atoms with van der Waals surface area (Å²) in [5, 5.41) is 6.63. The number of hydrogen-bond acceptors (Lipinski definition) is 5. The number of nitrogens with one attached hydrogen (secondary N) is 1. The average Bonchev–Trinajstić information content (AvgIpc) is 3.02. The Morgan fingerprint density at radius 2 is 1.85 bits per heavy atom. The standard InChI is InChI=1S/C21H17Cl3F3N3O2S/c1-10(7-17(31)28-20-18(24)13(4)30-33-20)5-6-11(2)12(3)29-32-19-15(22)8-14(9-16(19)23)21(25,26)27/h5-6,8-9H,1-2,7H2,3-4H3,(H,28,31)/b6-5-,29-12+. The first kappa shape index (κ1) is 26.9. The maximum atomic E-state index is 12.8. The minimum absolute atomic E-state index is 0.000513. The minimum atomic E-state index is -4.60. The van der Waals surface area contributed by atoms with Gasteiger partial charge in [-0.25, -0.2) is 0 Å². The van der Waals surface area contributed by atoms with Gasteiger partial charge in [0.2, 0.25) is 5.91 Å². The minimum Gasteiger partial charge on any atom is -0.354 e. The molecule has 1 aromatic carbocycles. The third-order valence-electron chi connectivity index (χ3n) is 4.02. The molecule has 0 aliphatic heterocycles. The number of nitrogens with zero attached hydrogens (tertiary/aromatic N) is 2. The summed E-state index contributed by atoms with van der Waals surface area (Å²) in [6.45, 7) is 10.9. The van der Waals surface area contributed by atoms with Gasteiger partial charge in [-0.1, -0.05) is 65.3 Å². The lowest BCUT2D eigenvalue weighted by Gasteiger charge is -2.11. The third-order valence-corrected chi connectivity index (χ3v) is 6.01. The van der Waals surface area contributed by atoms with Gasteiger partial charge in [0.15, 0.2) is 5.75 Å². The van der Waals surface area contributed by atoms with Crippen molar-refractivity contribution in [3.8, 4) is 5.75 Å². The van der Waals surface area contributed by atoms with Crippen LogP contribution < -0.4 is 10.2 Å². The van der Waals surface area contributed by atoms with E-state index in [-0.39, 0.29) is 28.1 Å². The number of benzene rings is 1. The molecule has 0 radical (unpaired) electrons. The smallest absolute Gasteiger partial charge is 0.354 e.